The maximum atomic E-state index is 13.3. The Bertz CT molecular complexity index is 1020. The first kappa shape index (κ1) is 16.7. The Morgan fingerprint density at radius 3 is 2.85 bits per heavy atom. The van der Waals surface area contributed by atoms with Crippen molar-refractivity contribution in [2.24, 2.45) is 0 Å². The number of aliphatic hydroxyl groups is 1. The molecule has 1 fully saturated rings. The van der Waals surface area contributed by atoms with Crippen LogP contribution in [-0.4, -0.2) is 38.6 Å². The van der Waals surface area contributed by atoms with E-state index in [1.165, 1.54) is 17.5 Å². The zero-order valence-corrected chi connectivity index (χ0v) is 15.4. The largest absolute Gasteiger partial charge is 0.378 e. The second kappa shape index (κ2) is 6.29. The minimum absolute atomic E-state index is 0.275. The number of carbonyl (C=O) groups is 1. The minimum atomic E-state index is -1.18. The number of pyridine rings is 1. The molecule has 1 N–H and O–H groups in total. The lowest BCUT2D eigenvalue weighted by molar-refractivity contribution is 0.0654. The molecule has 27 heavy (non-hydrogen) atoms. The molecule has 5 heteroatoms. The lowest BCUT2D eigenvalue weighted by Crippen LogP contribution is -2.33. The Hall–Kier alpha value is -2.50. The molecule has 2 aliphatic heterocycles. The summed E-state index contributed by atoms with van der Waals surface area (Å²) >= 11 is 0. The van der Waals surface area contributed by atoms with Crippen molar-refractivity contribution in [3.8, 4) is 0 Å². The number of hydrogen-bond acceptors (Lipinski definition) is 4. The molecule has 2 atom stereocenters. The van der Waals surface area contributed by atoms with E-state index in [1.54, 1.807) is 29.1 Å². The molecule has 3 aromatic rings. The van der Waals surface area contributed by atoms with Crippen molar-refractivity contribution in [3.05, 3.63) is 65.1 Å². The third kappa shape index (κ3) is 2.53. The Morgan fingerprint density at radius 2 is 2.04 bits per heavy atom. The highest BCUT2D eigenvalue weighted by Crippen LogP contribution is 2.43. The number of aromatic nitrogens is 2. The normalized spacial score (nSPS) is 20.4. The molecule has 138 valence electrons. The van der Waals surface area contributed by atoms with Crippen LogP contribution >= 0.6 is 0 Å². The average molecular weight is 361 g/mol. The number of hydrogen-bond donors (Lipinski definition) is 1. The van der Waals surface area contributed by atoms with Gasteiger partial charge in [0.25, 0.3) is 5.91 Å². The Kier molecular flexibility index (Phi) is 3.88. The van der Waals surface area contributed by atoms with Crippen molar-refractivity contribution in [3.63, 3.8) is 0 Å². The predicted octanol–water partition coefficient (Wildman–Crippen LogP) is 3.41. The highest BCUT2D eigenvalue weighted by atomic mass is 16.3. The Balaban J connectivity index is 1.70. The number of carbonyl (C=O) groups excluding carboxylic acids is 1. The van der Waals surface area contributed by atoms with Crippen LogP contribution in [0.3, 0.4) is 0 Å². The molecule has 2 aromatic heterocycles. The van der Waals surface area contributed by atoms with Gasteiger partial charge in [-0.15, -0.1) is 0 Å². The van der Waals surface area contributed by atoms with E-state index in [0.717, 1.165) is 42.5 Å². The third-order valence-corrected chi connectivity index (χ3v) is 6.07. The van der Waals surface area contributed by atoms with E-state index in [1.807, 2.05) is 12.1 Å². The fourth-order valence-corrected chi connectivity index (χ4v) is 4.83. The molecule has 0 radical (unpaired) electrons. The first-order chi connectivity index (χ1) is 13.1. The van der Waals surface area contributed by atoms with Gasteiger partial charge in [-0.1, -0.05) is 11.6 Å². The summed E-state index contributed by atoms with van der Waals surface area (Å²) in [5.41, 5.74) is 5.07. The molecular weight excluding hydrogens is 338 g/mol. The van der Waals surface area contributed by atoms with Crippen LogP contribution in [0, 0.1) is 6.92 Å². The summed E-state index contributed by atoms with van der Waals surface area (Å²) in [6.07, 6.45) is 5.21. The van der Waals surface area contributed by atoms with Crippen LogP contribution in [0.5, 0.6) is 0 Å². The predicted molar refractivity (Wildman–Crippen MR) is 104 cm³/mol. The number of aryl methyl sites for hydroxylation is 1. The van der Waals surface area contributed by atoms with Gasteiger partial charge in [0.05, 0.1) is 5.52 Å². The number of rotatable bonds is 2. The smallest absolute Gasteiger partial charge is 0.264 e. The van der Waals surface area contributed by atoms with E-state index in [0.29, 0.717) is 11.6 Å². The van der Waals surface area contributed by atoms with Gasteiger partial charge in [0.2, 0.25) is 0 Å². The average Bonchev–Trinajstić information content (AvgIpc) is 3.29. The molecule has 1 aromatic carbocycles. The summed E-state index contributed by atoms with van der Waals surface area (Å²) in [6, 6.07) is 10.1. The van der Waals surface area contributed by atoms with Gasteiger partial charge in [0.1, 0.15) is 0 Å². The van der Waals surface area contributed by atoms with E-state index < -0.39 is 6.10 Å². The van der Waals surface area contributed by atoms with Crippen LogP contribution in [0.1, 0.15) is 52.2 Å². The van der Waals surface area contributed by atoms with Crippen LogP contribution in [0.25, 0.3) is 10.9 Å². The first-order valence-electron chi connectivity index (χ1n) is 9.65. The van der Waals surface area contributed by atoms with E-state index in [2.05, 4.69) is 22.9 Å². The SMILES string of the molecule is Cc1ccc2c(c1)c1c(n2C(=O)C(O)c2ccncc2)CCN2CCCC12. The third-order valence-electron chi connectivity index (χ3n) is 6.07. The lowest BCUT2D eigenvalue weighted by atomic mass is 9.95. The molecule has 5 rings (SSSR count). The zero-order valence-electron chi connectivity index (χ0n) is 15.4. The van der Waals surface area contributed by atoms with Crippen LogP contribution in [0.4, 0.5) is 0 Å². The molecule has 4 heterocycles. The van der Waals surface area contributed by atoms with E-state index in [9.17, 15) is 9.90 Å². The fraction of sp³-hybridized carbons (Fsp3) is 0.364. The van der Waals surface area contributed by atoms with Crippen molar-refractivity contribution in [2.45, 2.75) is 38.3 Å². The maximum absolute atomic E-state index is 13.3. The van der Waals surface area contributed by atoms with E-state index in [-0.39, 0.29) is 5.91 Å². The summed E-state index contributed by atoms with van der Waals surface area (Å²) in [4.78, 5) is 19.9. The monoisotopic (exact) mass is 361 g/mol. The molecule has 0 amide bonds. The topological polar surface area (TPSA) is 58.4 Å². The summed E-state index contributed by atoms with van der Waals surface area (Å²) in [7, 11) is 0. The second-order valence-electron chi connectivity index (χ2n) is 7.68. The molecule has 1 saturated heterocycles. The van der Waals surface area contributed by atoms with E-state index >= 15 is 0 Å². The molecule has 0 aliphatic carbocycles. The fourth-order valence-electron chi connectivity index (χ4n) is 4.83. The molecule has 0 bridgehead atoms. The van der Waals surface area contributed by atoms with Gasteiger partial charge in [-0.25, -0.2) is 0 Å². The highest BCUT2D eigenvalue weighted by Gasteiger charge is 2.37. The van der Waals surface area contributed by atoms with Crippen molar-refractivity contribution >= 4 is 16.8 Å². The number of nitrogens with zero attached hydrogens (tertiary/aromatic N) is 3. The van der Waals surface area contributed by atoms with Gasteiger partial charge in [0.15, 0.2) is 6.10 Å². The summed E-state index contributed by atoms with van der Waals surface area (Å²) in [5.74, 6) is -0.275. The quantitative estimate of drug-likeness (QED) is 0.760. The highest BCUT2D eigenvalue weighted by molar-refractivity contribution is 5.98. The van der Waals surface area contributed by atoms with Crippen LogP contribution in [0.2, 0.25) is 0 Å². The molecule has 0 spiro atoms. The molecular formula is C22H23N3O2. The molecule has 5 nitrogen and oxygen atoms in total. The van der Waals surface area contributed by atoms with Crippen molar-refractivity contribution in [2.75, 3.05) is 13.1 Å². The maximum Gasteiger partial charge on any atom is 0.264 e. The van der Waals surface area contributed by atoms with Crippen LogP contribution in [-0.2, 0) is 6.42 Å². The number of fused-ring (bicyclic) bond motifs is 5. The zero-order chi connectivity index (χ0) is 18.5. The van der Waals surface area contributed by atoms with Gasteiger partial charge in [-0.2, -0.15) is 0 Å². The molecule has 2 aliphatic rings. The van der Waals surface area contributed by atoms with E-state index in [4.69, 9.17) is 0 Å². The van der Waals surface area contributed by atoms with Crippen molar-refractivity contribution in [1.82, 2.24) is 14.5 Å². The standard InChI is InChI=1S/C22H23N3O2/c1-14-4-5-17-16(13-14)20-18-3-2-11-24(18)12-8-19(20)25(17)22(27)21(26)15-6-9-23-10-7-15/h4-7,9-10,13,18,21,26H,2-3,8,11-12H2,1H3. The van der Waals surface area contributed by atoms with Gasteiger partial charge in [-0.3, -0.25) is 19.2 Å². The number of aliphatic hydroxyl groups excluding tert-OH is 1. The summed E-state index contributed by atoms with van der Waals surface area (Å²) < 4.78 is 1.78. The number of benzene rings is 1. The van der Waals surface area contributed by atoms with Crippen LogP contribution in [0.15, 0.2) is 42.7 Å². The van der Waals surface area contributed by atoms with Gasteiger partial charge >= 0.3 is 0 Å². The second-order valence-corrected chi connectivity index (χ2v) is 7.68. The lowest BCUT2D eigenvalue weighted by Gasteiger charge is -2.31. The van der Waals surface area contributed by atoms with Gasteiger partial charge < -0.3 is 5.11 Å². The minimum Gasteiger partial charge on any atom is -0.378 e. The summed E-state index contributed by atoms with van der Waals surface area (Å²) in [6.45, 7) is 4.20. The summed E-state index contributed by atoms with van der Waals surface area (Å²) in [5, 5.41) is 11.9. The Morgan fingerprint density at radius 1 is 1.22 bits per heavy atom. The van der Waals surface area contributed by atoms with Gasteiger partial charge in [-0.05, 0) is 61.7 Å². The first-order valence-corrected chi connectivity index (χ1v) is 9.65. The Labute approximate surface area is 158 Å². The van der Waals surface area contributed by atoms with Crippen molar-refractivity contribution in [1.29, 1.82) is 0 Å². The van der Waals surface area contributed by atoms with Crippen molar-refractivity contribution < 1.29 is 9.90 Å². The molecule has 2 unspecified atom stereocenters. The molecule has 0 saturated carbocycles. The van der Waals surface area contributed by atoms with Gasteiger partial charge in [0, 0.05) is 42.5 Å². The van der Waals surface area contributed by atoms with Crippen LogP contribution < -0.4 is 0 Å².